The standard InChI is InChI=1S/C23H30BrN3O4S/c1-16(2)25-23(29)18(4)26(14-19-10-8-11-20(24)13-19)22(28)15-27(32(5,30)31)21-12-7-6-9-17(21)3/h6-13,16,18H,14-15H2,1-5H3,(H,25,29). The number of nitrogens with one attached hydrogen (secondary N) is 1. The second kappa shape index (κ2) is 11.0. The molecule has 0 aliphatic rings. The largest absolute Gasteiger partial charge is 0.352 e. The molecule has 1 unspecified atom stereocenters. The van der Waals surface area contributed by atoms with Crippen LogP contribution < -0.4 is 9.62 Å². The van der Waals surface area contributed by atoms with Crippen molar-refractivity contribution < 1.29 is 18.0 Å². The van der Waals surface area contributed by atoms with Crippen molar-refractivity contribution in [1.82, 2.24) is 10.2 Å². The molecule has 0 radical (unpaired) electrons. The van der Waals surface area contributed by atoms with Gasteiger partial charge in [-0.3, -0.25) is 13.9 Å². The number of rotatable bonds is 9. The fraction of sp³-hybridized carbons (Fsp3) is 0.391. The summed E-state index contributed by atoms with van der Waals surface area (Å²) in [6, 6.07) is 13.5. The van der Waals surface area contributed by atoms with Gasteiger partial charge in [0.05, 0.1) is 11.9 Å². The Labute approximate surface area is 199 Å². The highest BCUT2D eigenvalue weighted by molar-refractivity contribution is 9.10. The molecule has 0 aliphatic carbocycles. The van der Waals surface area contributed by atoms with Crippen molar-refractivity contribution >= 4 is 43.5 Å². The minimum atomic E-state index is -3.74. The van der Waals surface area contributed by atoms with Crippen LogP contribution in [-0.4, -0.2) is 50.0 Å². The van der Waals surface area contributed by atoms with Gasteiger partial charge in [0.2, 0.25) is 21.8 Å². The van der Waals surface area contributed by atoms with Gasteiger partial charge in [-0.05, 0) is 57.0 Å². The number of carbonyl (C=O) groups excluding carboxylic acids is 2. The van der Waals surface area contributed by atoms with Crippen LogP contribution in [0.3, 0.4) is 0 Å². The Hall–Kier alpha value is -2.39. The minimum absolute atomic E-state index is 0.0905. The molecule has 0 saturated heterocycles. The van der Waals surface area contributed by atoms with E-state index >= 15 is 0 Å². The van der Waals surface area contributed by atoms with Crippen LogP contribution in [0.1, 0.15) is 31.9 Å². The molecule has 32 heavy (non-hydrogen) atoms. The predicted octanol–water partition coefficient (Wildman–Crippen LogP) is 3.47. The summed E-state index contributed by atoms with van der Waals surface area (Å²) in [7, 11) is -3.74. The summed E-state index contributed by atoms with van der Waals surface area (Å²) in [5.74, 6) is -0.768. The Morgan fingerprint density at radius 1 is 1.06 bits per heavy atom. The Kier molecular flexibility index (Phi) is 8.86. The van der Waals surface area contributed by atoms with E-state index in [1.54, 1.807) is 38.1 Å². The first-order valence-electron chi connectivity index (χ1n) is 10.3. The van der Waals surface area contributed by atoms with Crippen LogP contribution in [0.4, 0.5) is 5.69 Å². The summed E-state index contributed by atoms with van der Waals surface area (Å²) in [6.07, 6.45) is 1.07. The van der Waals surface area contributed by atoms with Gasteiger partial charge in [-0.15, -0.1) is 0 Å². The number of anilines is 1. The van der Waals surface area contributed by atoms with E-state index in [2.05, 4.69) is 21.2 Å². The van der Waals surface area contributed by atoms with Gasteiger partial charge in [0, 0.05) is 17.1 Å². The lowest BCUT2D eigenvalue weighted by Gasteiger charge is -2.32. The quantitative estimate of drug-likeness (QED) is 0.545. The van der Waals surface area contributed by atoms with E-state index in [9.17, 15) is 18.0 Å². The number of nitrogens with zero attached hydrogens (tertiary/aromatic N) is 2. The molecule has 2 aromatic rings. The van der Waals surface area contributed by atoms with E-state index in [0.29, 0.717) is 5.69 Å². The van der Waals surface area contributed by atoms with Gasteiger partial charge in [0.1, 0.15) is 12.6 Å². The number of aryl methyl sites for hydroxylation is 1. The van der Waals surface area contributed by atoms with Crippen molar-refractivity contribution in [3.63, 3.8) is 0 Å². The molecule has 1 N–H and O–H groups in total. The molecule has 2 rings (SSSR count). The first-order valence-corrected chi connectivity index (χ1v) is 12.9. The number of carbonyl (C=O) groups is 2. The fourth-order valence-electron chi connectivity index (χ4n) is 3.26. The molecule has 0 aliphatic heterocycles. The van der Waals surface area contributed by atoms with E-state index in [1.165, 1.54) is 4.90 Å². The van der Waals surface area contributed by atoms with Crippen molar-refractivity contribution in [2.24, 2.45) is 0 Å². The molecule has 174 valence electrons. The third-order valence-corrected chi connectivity index (χ3v) is 6.52. The molecular weight excluding hydrogens is 494 g/mol. The van der Waals surface area contributed by atoms with E-state index < -0.39 is 28.5 Å². The summed E-state index contributed by atoms with van der Waals surface area (Å²) in [4.78, 5) is 27.6. The van der Waals surface area contributed by atoms with Crippen LogP contribution in [0.25, 0.3) is 0 Å². The molecule has 0 spiro atoms. The smallest absolute Gasteiger partial charge is 0.244 e. The Morgan fingerprint density at radius 2 is 1.72 bits per heavy atom. The highest BCUT2D eigenvalue weighted by Crippen LogP contribution is 2.23. The minimum Gasteiger partial charge on any atom is -0.352 e. The molecule has 1 atom stereocenters. The van der Waals surface area contributed by atoms with Crippen molar-refractivity contribution in [2.75, 3.05) is 17.1 Å². The number of sulfonamides is 1. The fourth-order valence-corrected chi connectivity index (χ4v) is 4.61. The van der Waals surface area contributed by atoms with Crippen LogP contribution in [0.2, 0.25) is 0 Å². The molecule has 0 aromatic heterocycles. The summed E-state index contributed by atoms with van der Waals surface area (Å²) >= 11 is 3.42. The molecule has 9 heteroatoms. The zero-order chi connectivity index (χ0) is 24.1. The van der Waals surface area contributed by atoms with E-state index in [0.717, 1.165) is 26.2 Å². The zero-order valence-corrected chi connectivity index (χ0v) is 21.4. The maximum atomic E-state index is 13.4. The van der Waals surface area contributed by atoms with Gasteiger partial charge in [0.15, 0.2) is 0 Å². The number of para-hydroxylation sites is 1. The topological polar surface area (TPSA) is 86.8 Å². The summed E-state index contributed by atoms with van der Waals surface area (Å²) in [5, 5.41) is 2.83. The Balaban J connectivity index is 2.40. The van der Waals surface area contributed by atoms with Crippen LogP contribution in [-0.2, 0) is 26.2 Å². The molecule has 2 amide bonds. The second-order valence-corrected chi connectivity index (χ2v) is 10.9. The molecular formula is C23H30BrN3O4S. The average molecular weight is 524 g/mol. The molecule has 0 bridgehead atoms. The van der Waals surface area contributed by atoms with E-state index in [4.69, 9.17) is 0 Å². The molecule has 7 nitrogen and oxygen atoms in total. The summed E-state index contributed by atoms with van der Waals surface area (Å²) in [5.41, 5.74) is 1.98. The monoisotopic (exact) mass is 523 g/mol. The van der Waals surface area contributed by atoms with Gasteiger partial charge in [-0.1, -0.05) is 46.3 Å². The van der Waals surface area contributed by atoms with Crippen molar-refractivity contribution in [2.45, 2.75) is 46.3 Å². The Bertz CT molecular complexity index is 1070. The lowest BCUT2D eigenvalue weighted by atomic mass is 10.1. The molecule has 0 saturated carbocycles. The van der Waals surface area contributed by atoms with Crippen LogP contribution >= 0.6 is 15.9 Å². The van der Waals surface area contributed by atoms with Crippen LogP contribution in [0.5, 0.6) is 0 Å². The first-order chi connectivity index (χ1) is 14.9. The second-order valence-electron chi connectivity index (χ2n) is 8.05. The van der Waals surface area contributed by atoms with Gasteiger partial charge in [0.25, 0.3) is 0 Å². The normalized spacial score (nSPS) is 12.3. The SMILES string of the molecule is Cc1ccccc1N(CC(=O)N(Cc1cccc(Br)c1)C(C)C(=O)NC(C)C)S(C)(=O)=O. The number of hydrogen-bond acceptors (Lipinski definition) is 4. The van der Waals surface area contributed by atoms with Crippen molar-refractivity contribution in [3.8, 4) is 0 Å². The lowest BCUT2D eigenvalue weighted by Crippen LogP contribution is -2.52. The number of halogens is 1. The maximum Gasteiger partial charge on any atom is 0.244 e. The van der Waals surface area contributed by atoms with Crippen LogP contribution in [0, 0.1) is 6.92 Å². The third kappa shape index (κ3) is 7.06. The summed E-state index contributed by atoms with van der Waals surface area (Å²) < 4.78 is 27.1. The average Bonchev–Trinajstić information content (AvgIpc) is 2.69. The van der Waals surface area contributed by atoms with Crippen LogP contribution in [0.15, 0.2) is 53.0 Å². The highest BCUT2D eigenvalue weighted by Gasteiger charge is 2.30. The zero-order valence-electron chi connectivity index (χ0n) is 19.0. The molecule has 0 heterocycles. The molecule has 0 fully saturated rings. The Morgan fingerprint density at radius 3 is 2.28 bits per heavy atom. The van der Waals surface area contributed by atoms with Gasteiger partial charge >= 0.3 is 0 Å². The van der Waals surface area contributed by atoms with Gasteiger partial charge < -0.3 is 10.2 Å². The summed E-state index contributed by atoms with van der Waals surface area (Å²) in [6.45, 7) is 6.87. The third-order valence-electron chi connectivity index (χ3n) is 4.90. The highest BCUT2D eigenvalue weighted by atomic mass is 79.9. The predicted molar refractivity (Wildman–Crippen MR) is 131 cm³/mol. The van der Waals surface area contributed by atoms with Crippen molar-refractivity contribution in [1.29, 1.82) is 0 Å². The number of amides is 2. The van der Waals surface area contributed by atoms with Gasteiger partial charge in [-0.2, -0.15) is 0 Å². The van der Waals surface area contributed by atoms with E-state index in [-0.39, 0.29) is 18.5 Å². The maximum absolute atomic E-state index is 13.4. The first kappa shape index (κ1) is 25.9. The lowest BCUT2D eigenvalue weighted by molar-refractivity contribution is -0.139. The molecule has 2 aromatic carbocycles. The van der Waals surface area contributed by atoms with Crippen molar-refractivity contribution in [3.05, 3.63) is 64.1 Å². The van der Waals surface area contributed by atoms with E-state index in [1.807, 2.05) is 38.1 Å². The number of benzene rings is 2. The van der Waals surface area contributed by atoms with Gasteiger partial charge in [-0.25, -0.2) is 8.42 Å². The number of hydrogen-bond donors (Lipinski definition) is 1.